The molecule has 1 atom stereocenters. The zero-order valence-electron chi connectivity index (χ0n) is 13.3. The van der Waals surface area contributed by atoms with Gasteiger partial charge in [-0.15, -0.1) is 0 Å². The quantitative estimate of drug-likeness (QED) is 0.764. The second-order valence-corrected chi connectivity index (χ2v) is 6.11. The van der Waals surface area contributed by atoms with Crippen LogP contribution in [0.5, 0.6) is 5.75 Å². The van der Waals surface area contributed by atoms with Crippen LogP contribution in [0.25, 0.3) is 0 Å². The van der Waals surface area contributed by atoms with E-state index in [1.807, 2.05) is 6.92 Å². The molecule has 0 spiro atoms. The van der Waals surface area contributed by atoms with E-state index in [0.717, 1.165) is 0 Å². The fraction of sp³-hybridized carbons (Fsp3) is 0.235. The lowest BCUT2D eigenvalue weighted by molar-refractivity contribution is -0.682. The molecule has 3 N–H and O–H groups in total. The number of methoxy groups -OCH3 is 1. The summed E-state index contributed by atoms with van der Waals surface area (Å²) in [5, 5.41) is 4.91. The summed E-state index contributed by atoms with van der Waals surface area (Å²) >= 11 is 11.8. The molecule has 0 saturated carbocycles. The number of ether oxygens (including phenoxy) is 1. The van der Waals surface area contributed by atoms with E-state index in [4.69, 9.17) is 27.9 Å². The molecule has 2 rings (SSSR count). The number of quaternary nitrogens is 1. The van der Waals surface area contributed by atoms with Crippen LogP contribution in [0, 0.1) is 5.82 Å². The van der Waals surface area contributed by atoms with Gasteiger partial charge in [0.1, 0.15) is 17.6 Å². The molecule has 0 saturated heterocycles. The zero-order chi connectivity index (χ0) is 17.7. The minimum absolute atomic E-state index is 0.0202. The number of hydrogen-bond donors (Lipinski definition) is 2. The number of carbonyl (C=O) groups is 1. The Balaban J connectivity index is 1.92. The third kappa shape index (κ3) is 4.84. The summed E-state index contributed by atoms with van der Waals surface area (Å²) in [6, 6.07) is 9.52. The minimum atomic E-state index is -0.529. The predicted octanol–water partition coefficient (Wildman–Crippen LogP) is 3.40. The van der Waals surface area contributed by atoms with Crippen LogP contribution in [0.15, 0.2) is 36.4 Å². The molecule has 0 aliphatic carbocycles. The van der Waals surface area contributed by atoms with E-state index in [-0.39, 0.29) is 23.5 Å². The first-order valence-electron chi connectivity index (χ1n) is 7.32. The summed E-state index contributed by atoms with van der Waals surface area (Å²) in [5.74, 6) is 0.0177. The van der Waals surface area contributed by atoms with Crippen LogP contribution in [0.3, 0.4) is 0 Å². The average molecular weight is 372 g/mol. The second-order valence-electron chi connectivity index (χ2n) is 5.29. The van der Waals surface area contributed by atoms with E-state index in [0.29, 0.717) is 22.0 Å². The molecule has 0 bridgehead atoms. The van der Waals surface area contributed by atoms with Gasteiger partial charge in [0.05, 0.1) is 17.2 Å². The van der Waals surface area contributed by atoms with E-state index >= 15 is 0 Å². The van der Waals surface area contributed by atoms with Crippen LogP contribution in [0.1, 0.15) is 18.5 Å². The standard InChI is InChI=1S/C17H17Cl2FN2O2/c1-10(13-7-16(20)15(19)8-14(13)18)21-9-17(23)22-11-3-5-12(24-2)6-4-11/h3-8,10,21H,9H2,1-2H3,(H,22,23)/p+1/t10-/m0/s1. The number of anilines is 1. The molecule has 0 aromatic heterocycles. The van der Waals surface area contributed by atoms with Gasteiger partial charge < -0.3 is 15.4 Å². The molecule has 4 nitrogen and oxygen atoms in total. The van der Waals surface area contributed by atoms with Crippen molar-refractivity contribution in [3.63, 3.8) is 0 Å². The predicted molar refractivity (Wildman–Crippen MR) is 93.3 cm³/mol. The summed E-state index contributed by atoms with van der Waals surface area (Å²) in [7, 11) is 1.58. The van der Waals surface area contributed by atoms with Crippen molar-refractivity contribution in [3.05, 3.63) is 57.8 Å². The number of nitrogens with one attached hydrogen (secondary N) is 1. The first-order chi connectivity index (χ1) is 11.4. The summed E-state index contributed by atoms with van der Waals surface area (Å²) in [6.07, 6.45) is 0. The Morgan fingerprint density at radius 3 is 2.54 bits per heavy atom. The molecule has 2 aromatic carbocycles. The maximum atomic E-state index is 13.6. The Hall–Kier alpha value is -1.82. The number of amides is 1. The molecular formula is C17H18Cl2FN2O2+. The van der Waals surface area contributed by atoms with Gasteiger partial charge in [0.15, 0.2) is 6.54 Å². The van der Waals surface area contributed by atoms with E-state index < -0.39 is 5.82 Å². The number of carbonyl (C=O) groups excluding carboxylic acids is 1. The summed E-state index contributed by atoms with van der Waals surface area (Å²) in [4.78, 5) is 12.0. The first kappa shape index (κ1) is 18.5. The monoisotopic (exact) mass is 371 g/mol. The van der Waals surface area contributed by atoms with E-state index in [1.165, 1.54) is 12.1 Å². The Labute approximate surface area is 149 Å². The zero-order valence-corrected chi connectivity index (χ0v) is 14.8. The van der Waals surface area contributed by atoms with Crippen molar-refractivity contribution in [3.8, 4) is 5.75 Å². The molecule has 0 fully saturated rings. The van der Waals surface area contributed by atoms with Gasteiger partial charge in [-0.3, -0.25) is 4.79 Å². The molecule has 0 heterocycles. The molecule has 0 unspecified atom stereocenters. The Morgan fingerprint density at radius 1 is 1.25 bits per heavy atom. The smallest absolute Gasteiger partial charge is 0.279 e. The van der Waals surface area contributed by atoms with Gasteiger partial charge in [-0.1, -0.05) is 23.2 Å². The highest BCUT2D eigenvalue weighted by Gasteiger charge is 2.17. The molecule has 24 heavy (non-hydrogen) atoms. The lowest BCUT2D eigenvalue weighted by Gasteiger charge is -2.13. The van der Waals surface area contributed by atoms with Crippen LogP contribution >= 0.6 is 23.2 Å². The second kappa shape index (κ2) is 8.33. The molecule has 0 aliphatic heterocycles. The maximum Gasteiger partial charge on any atom is 0.279 e. The fourth-order valence-corrected chi connectivity index (χ4v) is 2.74. The van der Waals surface area contributed by atoms with Crippen LogP contribution in [-0.4, -0.2) is 19.6 Å². The highest BCUT2D eigenvalue weighted by Crippen LogP contribution is 2.27. The average Bonchev–Trinajstić information content (AvgIpc) is 2.56. The van der Waals surface area contributed by atoms with Crippen molar-refractivity contribution >= 4 is 34.8 Å². The molecule has 0 aliphatic rings. The molecule has 7 heteroatoms. The van der Waals surface area contributed by atoms with E-state index in [1.54, 1.807) is 36.7 Å². The topological polar surface area (TPSA) is 54.9 Å². The fourth-order valence-electron chi connectivity index (χ4n) is 2.18. The minimum Gasteiger partial charge on any atom is -0.497 e. The summed E-state index contributed by atoms with van der Waals surface area (Å²) in [6.45, 7) is 2.02. The van der Waals surface area contributed by atoms with E-state index in [2.05, 4.69) is 5.32 Å². The van der Waals surface area contributed by atoms with Crippen LogP contribution in [-0.2, 0) is 4.79 Å². The highest BCUT2D eigenvalue weighted by molar-refractivity contribution is 6.35. The molecule has 2 aromatic rings. The summed E-state index contributed by atoms with van der Waals surface area (Å²) < 4.78 is 18.6. The Bertz CT molecular complexity index is 723. The molecule has 1 amide bonds. The van der Waals surface area contributed by atoms with Crippen molar-refractivity contribution in [1.82, 2.24) is 0 Å². The van der Waals surface area contributed by atoms with Crippen molar-refractivity contribution in [2.75, 3.05) is 19.0 Å². The van der Waals surface area contributed by atoms with Gasteiger partial charge in [0, 0.05) is 11.3 Å². The van der Waals surface area contributed by atoms with Gasteiger partial charge in [0.2, 0.25) is 0 Å². The maximum absolute atomic E-state index is 13.6. The third-order valence-corrected chi connectivity index (χ3v) is 4.18. The number of hydrogen-bond acceptors (Lipinski definition) is 2. The SMILES string of the molecule is COc1ccc(NC(=O)C[NH2+][C@@H](C)c2cc(F)c(Cl)cc2Cl)cc1. The van der Waals surface area contributed by atoms with Crippen molar-refractivity contribution in [2.24, 2.45) is 0 Å². The van der Waals surface area contributed by atoms with Crippen molar-refractivity contribution in [1.29, 1.82) is 0 Å². The third-order valence-electron chi connectivity index (χ3n) is 3.56. The van der Waals surface area contributed by atoms with Crippen molar-refractivity contribution in [2.45, 2.75) is 13.0 Å². The first-order valence-corrected chi connectivity index (χ1v) is 8.08. The largest absolute Gasteiger partial charge is 0.497 e. The lowest BCUT2D eigenvalue weighted by atomic mass is 10.1. The van der Waals surface area contributed by atoms with Gasteiger partial charge in [-0.25, -0.2) is 4.39 Å². The van der Waals surface area contributed by atoms with Gasteiger partial charge >= 0.3 is 0 Å². The van der Waals surface area contributed by atoms with Gasteiger partial charge in [-0.2, -0.15) is 0 Å². The normalized spacial score (nSPS) is 11.9. The van der Waals surface area contributed by atoms with Crippen molar-refractivity contribution < 1.29 is 19.2 Å². The highest BCUT2D eigenvalue weighted by atomic mass is 35.5. The van der Waals surface area contributed by atoms with Gasteiger partial charge in [0.25, 0.3) is 5.91 Å². The van der Waals surface area contributed by atoms with E-state index in [9.17, 15) is 9.18 Å². The Morgan fingerprint density at radius 2 is 1.92 bits per heavy atom. The number of rotatable bonds is 6. The van der Waals surface area contributed by atoms with Crippen LogP contribution < -0.4 is 15.4 Å². The molecule has 128 valence electrons. The molecule has 0 radical (unpaired) electrons. The lowest BCUT2D eigenvalue weighted by Crippen LogP contribution is -2.86. The number of halogens is 3. The van der Waals surface area contributed by atoms with Crippen LogP contribution in [0.2, 0.25) is 10.0 Å². The van der Waals surface area contributed by atoms with Crippen LogP contribution in [0.4, 0.5) is 10.1 Å². The van der Waals surface area contributed by atoms with Gasteiger partial charge in [-0.05, 0) is 43.3 Å². The summed E-state index contributed by atoms with van der Waals surface area (Å²) in [5.41, 5.74) is 1.27. The Kier molecular flexibility index (Phi) is 6.43. The number of nitrogens with two attached hydrogens (primary N) is 1. The molecular weight excluding hydrogens is 354 g/mol. The number of benzene rings is 2.